The van der Waals surface area contributed by atoms with E-state index in [1.165, 1.54) is 30.3 Å². The zero-order valence-electron chi connectivity index (χ0n) is 15.2. The monoisotopic (exact) mass is 389 g/mol. The summed E-state index contributed by atoms with van der Waals surface area (Å²) in [6.07, 6.45) is 1.93. The van der Waals surface area contributed by atoms with Crippen LogP contribution in [-0.2, 0) is 16.2 Å². The van der Waals surface area contributed by atoms with E-state index in [1.807, 2.05) is 0 Å². The molecule has 0 heterocycles. The minimum Gasteiger partial charge on any atom is -0.486 e. The molecule has 0 aliphatic heterocycles. The number of hydrogen-bond donors (Lipinski definition) is 2. The van der Waals surface area contributed by atoms with Gasteiger partial charge in [0.15, 0.2) is 11.6 Å². The quantitative estimate of drug-likeness (QED) is 0.769. The maximum absolute atomic E-state index is 14.2. The van der Waals surface area contributed by atoms with Crippen molar-refractivity contribution in [2.45, 2.75) is 32.3 Å². The summed E-state index contributed by atoms with van der Waals surface area (Å²) < 4.78 is 32.8. The first-order valence-electron chi connectivity index (χ1n) is 9.13. The number of carboxylic acid groups (broad SMARTS) is 1. The van der Waals surface area contributed by atoms with Gasteiger partial charge in [0, 0.05) is 17.7 Å². The highest BCUT2D eigenvalue weighted by Gasteiger charge is 2.29. The number of amides is 1. The maximum atomic E-state index is 14.2. The molecule has 0 unspecified atom stereocenters. The van der Waals surface area contributed by atoms with E-state index >= 15 is 0 Å². The third-order valence-corrected chi connectivity index (χ3v) is 4.93. The van der Waals surface area contributed by atoms with Gasteiger partial charge in [0.2, 0.25) is 5.91 Å². The van der Waals surface area contributed by atoms with Gasteiger partial charge < -0.3 is 15.2 Å². The summed E-state index contributed by atoms with van der Waals surface area (Å²) in [5.74, 6) is -2.75. The van der Waals surface area contributed by atoms with Crippen LogP contribution in [0.5, 0.6) is 5.75 Å². The summed E-state index contributed by atoms with van der Waals surface area (Å²) in [6, 6.07) is 9.96. The van der Waals surface area contributed by atoms with Crippen LogP contribution in [0.2, 0.25) is 0 Å². The lowest BCUT2D eigenvalue weighted by atomic mass is 9.81. The van der Waals surface area contributed by atoms with Crippen molar-refractivity contribution in [1.82, 2.24) is 0 Å². The van der Waals surface area contributed by atoms with Crippen LogP contribution in [0.15, 0.2) is 42.5 Å². The van der Waals surface area contributed by atoms with Gasteiger partial charge in [-0.05, 0) is 55.5 Å². The number of benzene rings is 2. The van der Waals surface area contributed by atoms with Crippen LogP contribution in [0.1, 0.15) is 31.2 Å². The summed E-state index contributed by atoms with van der Waals surface area (Å²) in [7, 11) is 0. The number of carbonyl (C=O) groups is 2. The van der Waals surface area contributed by atoms with E-state index in [0.29, 0.717) is 36.9 Å². The minimum atomic E-state index is -0.824. The number of nitrogens with one attached hydrogen (secondary N) is 1. The highest BCUT2D eigenvalue weighted by atomic mass is 19.1. The molecule has 3 rings (SSSR count). The van der Waals surface area contributed by atoms with Crippen molar-refractivity contribution in [2.24, 2.45) is 11.8 Å². The van der Waals surface area contributed by atoms with Gasteiger partial charge in [-0.2, -0.15) is 0 Å². The summed E-state index contributed by atoms with van der Waals surface area (Å²) >= 11 is 0. The van der Waals surface area contributed by atoms with Crippen LogP contribution in [0, 0.1) is 23.5 Å². The Morgan fingerprint density at radius 1 is 1.04 bits per heavy atom. The van der Waals surface area contributed by atoms with E-state index in [0.717, 1.165) is 0 Å². The molecule has 1 fully saturated rings. The first kappa shape index (κ1) is 19.8. The molecule has 28 heavy (non-hydrogen) atoms. The van der Waals surface area contributed by atoms with E-state index in [9.17, 15) is 18.4 Å². The molecular weight excluding hydrogens is 368 g/mol. The van der Waals surface area contributed by atoms with Crippen molar-refractivity contribution in [3.8, 4) is 5.75 Å². The standard InChI is InChI=1S/C21H21F2NO4/c22-16-3-1-2-13(10-16)12-28-19-9-8-17(11-18(19)23)24-20(25)14-4-6-15(7-5-14)21(26)27/h1-3,8-11,14-15H,4-7,12H2,(H,24,25)(H,26,27). The van der Waals surface area contributed by atoms with Crippen molar-refractivity contribution < 1.29 is 28.2 Å². The molecule has 0 spiro atoms. The molecule has 0 atom stereocenters. The average Bonchev–Trinajstić information content (AvgIpc) is 2.67. The lowest BCUT2D eigenvalue weighted by molar-refractivity contribution is -0.143. The Morgan fingerprint density at radius 2 is 1.75 bits per heavy atom. The summed E-state index contributed by atoms with van der Waals surface area (Å²) in [4.78, 5) is 23.3. The van der Waals surface area contributed by atoms with Crippen LogP contribution in [0.3, 0.4) is 0 Å². The molecule has 0 aromatic heterocycles. The fourth-order valence-electron chi connectivity index (χ4n) is 3.33. The second-order valence-corrected chi connectivity index (χ2v) is 6.94. The molecule has 1 aliphatic rings. The number of rotatable bonds is 6. The number of hydrogen-bond acceptors (Lipinski definition) is 3. The van der Waals surface area contributed by atoms with Gasteiger partial charge >= 0.3 is 5.97 Å². The molecule has 5 nitrogen and oxygen atoms in total. The molecule has 1 aliphatic carbocycles. The molecule has 0 saturated heterocycles. The fourth-order valence-corrected chi connectivity index (χ4v) is 3.33. The van der Waals surface area contributed by atoms with Crippen LogP contribution in [0.4, 0.5) is 14.5 Å². The number of carboxylic acids is 1. The largest absolute Gasteiger partial charge is 0.486 e. The van der Waals surface area contributed by atoms with E-state index < -0.39 is 23.5 Å². The molecule has 1 amide bonds. The normalized spacial score (nSPS) is 19.1. The van der Waals surface area contributed by atoms with Crippen LogP contribution in [-0.4, -0.2) is 17.0 Å². The highest BCUT2D eigenvalue weighted by molar-refractivity contribution is 5.92. The molecule has 148 valence electrons. The Morgan fingerprint density at radius 3 is 2.39 bits per heavy atom. The van der Waals surface area contributed by atoms with Gasteiger partial charge in [0.1, 0.15) is 12.4 Å². The molecule has 7 heteroatoms. The van der Waals surface area contributed by atoms with Crippen LogP contribution >= 0.6 is 0 Å². The molecule has 0 bridgehead atoms. The van der Waals surface area contributed by atoms with E-state index in [2.05, 4.69) is 5.32 Å². The third-order valence-electron chi connectivity index (χ3n) is 4.93. The minimum absolute atomic E-state index is 0.00391. The van der Waals surface area contributed by atoms with Crippen molar-refractivity contribution in [2.75, 3.05) is 5.32 Å². The second kappa shape index (κ2) is 8.82. The molecule has 2 N–H and O–H groups in total. The third kappa shape index (κ3) is 5.06. The van der Waals surface area contributed by atoms with Crippen molar-refractivity contribution in [3.63, 3.8) is 0 Å². The van der Waals surface area contributed by atoms with Gasteiger partial charge in [-0.3, -0.25) is 9.59 Å². The smallest absolute Gasteiger partial charge is 0.306 e. The van der Waals surface area contributed by atoms with Crippen molar-refractivity contribution in [3.05, 3.63) is 59.7 Å². The summed E-state index contributed by atoms with van der Waals surface area (Å²) in [6.45, 7) is 0.0210. The van der Waals surface area contributed by atoms with Gasteiger partial charge in [-0.1, -0.05) is 12.1 Å². The average molecular weight is 389 g/mol. The lowest BCUT2D eigenvalue weighted by Gasteiger charge is -2.25. The summed E-state index contributed by atoms with van der Waals surface area (Å²) in [5, 5.41) is 11.7. The first-order chi connectivity index (χ1) is 13.4. The van der Waals surface area contributed by atoms with Gasteiger partial charge in [0.25, 0.3) is 0 Å². The Hall–Kier alpha value is -2.96. The first-order valence-corrected chi connectivity index (χ1v) is 9.13. The molecule has 2 aromatic carbocycles. The van der Waals surface area contributed by atoms with Gasteiger partial charge in [0.05, 0.1) is 5.92 Å². The fraction of sp³-hybridized carbons (Fsp3) is 0.333. The Bertz CT molecular complexity index is 863. The summed E-state index contributed by atoms with van der Waals surface area (Å²) in [5.41, 5.74) is 0.884. The highest BCUT2D eigenvalue weighted by Crippen LogP contribution is 2.30. The second-order valence-electron chi connectivity index (χ2n) is 6.94. The number of ether oxygens (including phenoxy) is 1. The van der Waals surface area contributed by atoms with Gasteiger partial charge in [-0.15, -0.1) is 0 Å². The zero-order chi connectivity index (χ0) is 20.1. The Labute approximate surface area is 161 Å². The zero-order valence-corrected chi connectivity index (χ0v) is 15.2. The lowest BCUT2D eigenvalue weighted by Crippen LogP contribution is -2.29. The van der Waals surface area contributed by atoms with Crippen molar-refractivity contribution >= 4 is 17.6 Å². The van der Waals surface area contributed by atoms with Gasteiger partial charge in [-0.25, -0.2) is 8.78 Å². The molecule has 0 radical (unpaired) electrons. The molecular formula is C21H21F2NO4. The van der Waals surface area contributed by atoms with Crippen molar-refractivity contribution in [1.29, 1.82) is 0 Å². The van der Waals surface area contributed by atoms with Crippen LogP contribution < -0.4 is 10.1 Å². The number of anilines is 1. The van der Waals surface area contributed by atoms with E-state index in [-0.39, 0.29) is 24.2 Å². The van der Waals surface area contributed by atoms with E-state index in [4.69, 9.17) is 9.84 Å². The number of halogens is 2. The molecule has 1 saturated carbocycles. The maximum Gasteiger partial charge on any atom is 0.306 e. The van der Waals surface area contributed by atoms with E-state index in [1.54, 1.807) is 12.1 Å². The SMILES string of the molecule is O=C(O)C1CCC(C(=O)Nc2ccc(OCc3cccc(F)c3)c(F)c2)CC1. The number of aliphatic carboxylic acids is 1. The topological polar surface area (TPSA) is 75.6 Å². The predicted molar refractivity (Wildman–Crippen MR) is 98.8 cm³/mol. The Balaban J connectivity index is 1.55. The predicted octanol–water partition coefficient (Wildman–Crippen LogP) is 4.37. The van der Waals surface area contributed by atoms with Crippen LogP contribution in [0.25, 0.3) is 0 Å². The molecule has 2 aromatic rings. The Kier molecular flexibility index (Phi) is 6.23. The number of carbonyl (C=O) groups excluding carboxylic acids is 1.